The molecule has 6 heteroatoms. The minimum Gasteiger partial charge on any atom is -0.204 e. The van der Waals surface area contributed by atoms with Crippen LogP contribution in [0, 0.1) is 17.5 Å². The Hall–Kier alpha value is -1.17. The van der Waals surface area contributed by atoms with Gasteiger partial charge < -0.3 is 0 Å². The van der Waals surface area contributed by atoms with Crippen molar-refractivity contribution in [3.8, 4) is 0 Å². The van der Waals surface area contributed by atoms with Crippen LogP contribution in [0.3, 0.4) is 0 Å². The average Bonchev–Trinajstić information content (AvgIpc) is 1.98. The second-order valence-electron chi connectivity index (χ2n) is 2.33. The van der Waals surface area contributed by atoms with Gasteiger partial charge in [-0.2, -0.15) is 0 Å². The Labute approximate surface area is 70.3 Å². The van der Waals surface area contributed by atoms with Crippen molar-refractivity contribution in [1.82, 2.24) is 5.34 Å². The minimum atomic E-state index is -1.66. The van der Waals surface area contributed by atoms with Gasteiger partial charge >= 0.3 is 0 Å². The first-order chi connectivity index (χ1) is 6.00. The van der Waals surface area contributed by atoms with E-state index in [9.17, 15) is 22.1 Å². The van der Waals surface area contributed by atoms with E-state index in [1.54, 1.807) is 0 Å². The molecule has 0 N–H and O–H groups in total. The van der Waals surface area contributed by atoms with Crippen LogP contribution in [0.4, 0.5) is 22.1 Å². The highest BCUT2D eigenvalue weighted by Gasteiger charge is 2.12. The molecule has 0 saturated carbocycles. The lowest BCUT2D eigenvalue weighted by Gasteiger charge is -2.02. The highest BCUT2D eigenvalue weighted by molar-refractivity contribution is 5.18. The monoisotopic (exact) mass is 197 g/mol. The summed E-state index contributed by atoms with van der Waals surface area (Å²) in [6.07, 6.45) is 0. The molecular weight excluding hydrogens is 193 g/mol. The molecule has 1 aromatic carbocycles. The van der Waals surface area contributed by atoms with Gasteiger partial charge in [0.1, 0.15) is 0 Å². The topological polar surface area (TPSA) is 3.24 Å². The summed E-state index contributed by atoms with van der Waals surface area (Å²) in [5.41, 5.74) is -0.332. The van der Waals surface area contributed by atoms with Crippen molar-refractivity contribution >= 4 is 0 Å². The maximum absolute atomic E-state index is 12.4. The van der Waals surface area contributed by atoms with Crippen molar-refractivity contribution in [3.63, 3.8) is 0 Å². The van der Waals surface area contributed by atoms with Crippen molar-refractivity contribution in [2.24, 2.45) is 0 Å². The molecule has 0 aliphatic carbocycles. The number of rotatable bonds is 2. The molecule has 0 fully saturated rings. The fraction of sp³-hybridized carbons (Fsp3) is 0.143. The summed E-state index contributed by atoms with van der Waals surface area (Å²) >= 11 is 0. The molecule has 0 aliphatic rings. The fourth-order valence-corrected chi connectivity index (χ4v) is 0.837. The average molecular weight is 197 g/mol. The van der Waals surface area contributed by atoms with Gasteiger partial charge in [-0.25, -0.2) is 13.2 Å². The van der Waals surface area contributed by atoms with Gasteiger partial charge in [0.05, 0.1) is 6.54 Å². The van der Waals surface area contributed by atoms with E-state index in [1.165, 1.54) is 0 Å². The van der Waals surface area contributed by atoms with Crippen molar-refractivity contribution in [2.45, 2.75) is 6.54 Å². The molecule has 0 saturated heterocycles. The normalized spacial score (nSPS) is 10.9. The minimum absolute atomic E-state index is 0.332. The predicted molar refractivity (Wildman–Crippen MR) is 34.1 cm³/mol. The van der Waals surface area contributed by atoms with Crippen LogP contribution in [0.25, 0.3) is 0 Å². The van der Waals surface area contributed by atoms with Gasteiger partial charge in [-0.1, -0.05) is 0 Å². The molecule has 0 unspecified atom stereocenters. The Morgan fingerprint density at radius 1 is 1.00 bits per heavy atom. The first kappa shape index (κ1) is 9.91. The molecule has 1 nitrogen and oxygen atoms in total. The smallest absolute Gasteiger partial charge is 0.194 e. The molecule has 0 aromatic heterocycles. The van der Waals surface area contributed by atoms with Gasteiger partial charge in [0, 0.05) is 5.34 Å². The third kappa shape index (κ3) is 2.38. The fourth-order valence-electron chi connectivity index (χ4n) is 0.837. The number of halogens is 5. The van der Waals surface area contributed by atoms with Crippen LogP contribution >= 0.6 is 0 Å². The Kier molecular flexibility index (Phi) is 2.82. The zero-order valence-corrected chi connectivity index (χ0v) is 6.20. The molecule has 0 aliphatic heterocycles. The van der Waals surface area contributed by atoms with Crippen molar-refractivity contribution < 1.29 is 22.1 Å². The molecule has 0 amide bonds. The number of hydrogen-bond acceptors (Lipinski definition) is 1. The Balaban J connectivity index is 2.99. The van der Waals surface area contributed by atoms with E-state index < -0.39 is 29.3 Å². The number of nitrogens with zero attached hydrogens (tertiary/aromatic N) is 1. The standard InChI is InChI=1S/C7H4F5N/c8-5-1-4(3-13(11)12)2-6(9)7(5)10/h1-2H,3H2. The van der Waals surface area contributed by atoms with E-state index in [2.05, 4.69) is 0 Å². The van der Waals surface area contributed by atoms with Gasteiger partial charge in [-0.05, 0) is 17.7 Å². The zero-order valence-electron chi connectivity index (χ0n) is 6.20. The van der Waals surface area contributed by atoms with Crippen molar-refractivity contribution in [2.75, 3.05) is 0 Å². The lowest BCUT2D eigenvalue weighted by Crippen LogP contribution is -2.03. The summed E-state index contributed by atoms with van der Waals surface area (Å²) in [4.78, 5) is 0. The molecule has 0 radical (unpaired) electrons. The van der Waals surface area contributed by atoms with E-state index >= 15 is 0 Å². The Morgan fingerprint density at radius 3 is 1.85 bits per heavy atom. The summed E-state index contributed by atoms with van der Waals surface area (Å²) in [5, 5.41) is -1.26. The maximum atomic E-state index is 12.4. The first-order valence-electron chi connectivity index (χ1n) is 3.23. The molecule has 0 bridgehead atoms. The summed E-state index contributed by atoms with van der Waals surface area (Å²) in [5.74, 6) is -4.61. The van der Waals surface area contributed by atoms with Crippen LogP contribution in [0.2, 0.25) is 0 Å². The van der Waals surface area contributed by atoms with Crippen LogP contribution in [-0.2, 0) is 6.54 Å². The first-order valence-corrected chi connectivity index (χ1v) is 3.23. The third-order valence-electron chi connectivity index (χ3n) is 1.35. The van der Waals surface area contributed by atoms with Gasteiger partial charge in [-0.3, -0.25) is 0 Å². The van der Waals surface area contributed by atoms with Crippen LogP contribution in [0.15, 0.2) is 12.1 Å². The van der Waals surface area contributed by atoms with Crippen LogP contribution < -0.4 is 0 Å². The number of hydrogen-bond donors (Lipinski definition) is 0. The molecule has 0 heterocycles. The second-order valence-corrected chi connectivity index (χ2v) is 2.33. The Morgan fingerprint density at radius 2 is 1.46 bits per heavy atom. The van der Waals surface area contributed by atoms with E-state index in [4.69, 9.17) is 0 Å². The highest BCUT2D eigenvalue weighted by atomic mass is 19.4. The Bertz CT molecular complexity index is 289. The molecule has 72 valence electrons. The summed E-state index contributed by atoms with van der Waals surface area (Å²) < 4.78 is 60.3. The SMILES string of the molecule is Fc1cc(CN(F)F)cc(F)c1F. The van der Waals surface area contributed by atoms with Crippen LogP contribution in [-0.4, -0.2) is 5.34 Å². The van der Waals surface area contributed by atoms with Crippen molar-refractivity contribution in [3.05, 3.63) is 35.1 Å². The van der Waals surface area contributed by atoms with Gasteiger partial charge in [0.15, 0.2) is 17.5 Å². The molecule has 13 heavy (non-hydrogen) atoms. The van der Waals surface area contributed by atoms with Gasteiger partial charge in [0.25, 0.3) is 0 Å². The lowest BCUT2D eigenvalue weighted by molar-refractivity contribution is -0.161. The van der Waals surface area contributed by atoms with Crippen LogP contribution in [0.1, 0.15) is 5.56 Å². The molecule has 1 rings (SSSR count). The summed E-state index contributed by atoms with van der Waals surface area (Å²) in [7, 11) is 0. The van der Waals surface area contributed by atoms with Gasteiger partial charge in [0.2, 0.25) is 0 Å². The second kappa shape index (κ2) is 3.69. The van der Waals surface area contributed by atoms with E-state index in [-0.39, 0.29) is 5.56 Å². The third-order valence-corrected chi connectivity index (χ3v) is 1.35. The van der Waals surface area contributed by atoms with E-state index in [0.717, 1.165) is 0 Å². The molecule has 0 spiro atoms. The van der Waals surface area contributed by atoms with Crippen LogP contribution in [0.5, 0.6) is 0 Å². The van der Waals surface area contributed by atoms with E-state index in [0.29, 0.717) is 12.1 Å². The van der Waals surface area contributed by atoms with Crippen molar-refractivity contribution in [1.29, 1.82) is 0 Å². The summed E-state index contributed by atoms with van der Waals surface area (Å²) in [6.45, 7) is -0.950. The molecule has 1 aromatic rings. The zero-order chi connectivity index (χ0) is 10.0. The quantitative estimate of drug-likeness (QED) is 0.400. The number of benzene rings is 1. The summed E-state index contributed by atoms with van der Waals surface area (Å²) in [6, 6.07) is 1.04. The van der Waals surface area contributed by atoms with E-state index in [1.807, 2.05) is 0 Å². The largest absolute Gasteiger partial charge is 0.204 e. The molecule has 0 atom stereocenters. The predicted octanol–water partition coefficient (Wildman–Crippen LogP) is 2.67. The lowest BCUT2D eigenvalue weighted by atomic mass is 10.2. The molecular formula is C7H4F5N. The maximum Gasteiger partial charge on any atom is 0.194 e. The highest BCUT2D eigenvalue weighted by Crippen LogP contribution is 2.15. The van der Waals surface area contributed by atoms with Gasteiger partial charge in [-0.15, -0.1) is 8.96 Å².